The van der Waals surface area contributed by atoms with Crippen molar-refractivity contribution in [3.63, 3.8) is 0 Å². The van der Waals surface area contributed by atoms with Gasteiger partial charge in [-0.2, -0.15) is 0 Å². The van der Waals surface area contributed by atoms with E-state index in [1.54, 1.807) is 23.2 Å². The maximum atomic E-state index is 13.0. The Morgan fingerprint density at radius 2 is 1.91 bits per heavy atom. The first kappa shape index (κ1) is 20.7. The highest BCUT2D eigenvalue weighted by atomic mass is 16.6. The van der Waals surface area contributed by atoms with Crippen LogP contribution in [-0.2, 0) is 4.74 Å². The summed E-state index contributed by atoms with van der Waals surface area (Å²) in [6, 6.07) is 5.73. The van der Waals surface area contributed by atoms with Crippen molar-refractivity contribution in [1.82, 2.24) is 14.9 Å². The van der Waals surface area contributed by atoms with E-state index in [1.807, 2.05) is 18.0 Å². The van der Waals surface area contributed by atoms with Gasteiger partial charge >= 0.3 is 6.09 Å². The summed E-state index contributed by atoms with van der Waals surface area (Å²) in [6.07, 6.45) is 6.54. The van der Waals surface area contributed by atoms with Crippen molar-refractivity contribution < 1.29 is 14.3 Å². The van der Waals surface area contributed by atoms with E-state index in [2.05, 4.69) is 22.9 Å². The maximum absolute atomic E-state index is 13.0. The zero-order valence-electron chi connectivity index (χ0n) is 18.7. The van der Waals surface area contributed by atoms with Gasteiger partial charge in [0.15, 0.2) is 0 Å². The molecule has 0 spiro atoms. The minimum Gasteiger partial charge on any atom is -0.447 e. The summed E-state index contributed by atoms with van der Waals surface area (Å²) < 4.78 is 5.13. The molecule has 1 atom stereocenters. The Morgan fingerprint density at radius 1 is 1.12 bits per heavy atom. The molecule has 8 nitrogen and oxygen atoms in total. The van der Waals surface area contributed by atoms with Gasteiger partial charge in [-0.1, -0.05) is 13.0 Å². The molecule has 0 radical (unpaired) electrons. The van der Waals surface area contributed by atoms with Crippen LogP contribution in [0.25, 0.3) is 0 Å². The number of ether oxygens (including phenoxy) is 1. The maximum Gasteiger partial charge on any atom is 0.415 e. The molecule has 0 bridgehead atoms. The van der Waals surface area contributed by atoms with E-state index >= 15 is 0 Å². The molecule has 2 saturated heterocycles. The Bertz CT molecular complexity index is 1010. The number of hydrogen-bond donors (Lipinski definition) is 0. The number of carbonyl (C=O) groups is 2. The first-order valence-electron chi connectivity index (χ1n) is 11.5. The van der Waals surface area contributed by atoms with Crippen molar-refractivity contribution in [2.75, 3.05) is 42.6 Å². The lowest BCUT2D eigenvalue weighted by molar-refractivity contribution is 0.0746. The third-order valence-electron chi connectivity index (χ3n) is 6.66. The van der Waals surface area contributed by atoms with Gasteiger partial charge in [-0.25, -0.2) is 14.8 Å². The molecule has 1 saturated carbocycles. The second-order valence-corrected chi connectivity index (χ2v) is 8.88. The summed E-state index contributed by atoms with van der Waals surface area (Å²) in [5, 5.41) is 0. The molecule has 2 aromatic heterocycles. The molecule has 32 heavy (non-hydrogen) atoms. The molecular weight excluding hydrogens is 406 g/mol. The van der Waals surface area contributed by atoms with Gasteiger partial charge in [0.2, 0.25) is 0 Å². The third-order valence-corrected chi connectivity index (χ3v) is 6.66. The lowest BCUT2D eigenvalue weighted by Gasteiger charge is -2.36. The summed E-state index contributed by atoms with van der Waals surface area (Å²) in [5.41, 5.74) is 3.09. The quantitative estimate of drug-likeness (QED) is 0.717. The molecule has 3 fully saturated rings. The van der Waals surface area contributed by atoms with E-state index in [-0.39, 0.29) is 18.0 Å². The Hall–Kier alpha value is -3.16. The number of cyclic esters (lactones) is 1. The van der Waals surface area contributed by atoms with E-state index in [1.165, 1.54) is 24.0 Å². The minimum absolute atomic E-state index is 0.0139. The van der Waals surface area contributed by atoms with Gasteiger partial charge in [0.1, 0.15) is 18.2 Å². The standard InChI is InChI=1S/C24H29N5O3/c1-3-20-15-32-24(31)29(20)21-7-6-18(13-25-21)23(30)28-10-8-27(9-11-28)22-16(2)12-19(14-26-22)17-4-5-17/h6-7,12-14,17,20H,3-5,8-11,15H2,1-2H3/t20-/m1/s1. The fourth-order valence-corrected chi connectivity index (χ4v) is 4.56. The molecule has 0 aromatic carbocycles. The lowest BCUT2D eigenvalue weighted by Crippen LogP contribution is -2.49. The van der Waals surface area contributed by atoms with Crippen LogP contribution in [0.3, 0.4) is 0 Å². The normalized spacial score (nSPS) is 21.1. The number of amides is 2. The second-order valence-electron chi connectivity index (χ2n) is 8.88. The summed E-state index contributed by atoms with van der Waals surface area (Å²) in [5.74, 6) is 2.22. The second kappa shape index (κ2) is 8.41. The predicted octanol–water partition coefficient (Wildman–Crippen LogP) is 3.36. The Kier molecular flexibility index (Phi) is 5.45. The van der Waals surface area contributed by atoms with Crippen molar-refractivity contribution in [2.24, 2.45) is 0 Å². The topological polar surface area (TPSA) is 78.9 Å². The van der Waals surface area contributed by atoms with Crippen molar-refractivity contribution in [2.45, 2.75) is 45.1 Å². The molecule has 1 aliphatic carbocycles. The Labute approximate surface area is 188 Å². The minimum atomic E-state index is -0.381. The van der Waals surface area contributed by atoms with Crippen LogP contribution in [0.5, 0.6) is 0 Å². The number of carbonyl (C=O) groups excluding carboxylic acids is 2. The Morgan fingerprint density at radius 3 is 2.53 bits per heavy atom. The van der Waals surface area contributed by atoms with E-state index < -0.39 is 0 Å². The fourth-order valence-electron chi connectivity index (χ4n) is 4.56. The number of piperazine rings is 1. The highest BCUT2D eigenvalue weighted by Crippen LogP contribution is 2.40. The number of rotatable bonds is 5. The summed E-state index contributed by atoms with van der Waals surface area (Å²) in [6.45, 7) is 7.30. The van der Waals surface area contributed by atoms with Crippen LogP contribution in [0.2, 0.25) is 0 Å². The number of aromatic nitrogens is 2. The van der Waals surface area contributed by atoms with Crippen molar-refractivity contribution >= 4 is 23.6 Å². The van der Waals surface area contributed by atoms with Gasteiger partial charge < -0.3 is 14.5 Å². The van der Waals surface area contributed by atoms with Gasteiger partial charge in [0.25, 0.3) is 5.91 Å². The van der Waals surface area contributed by atoms with Crippen LogP contribution in [0.4, 0.5) is 16.4 Å². The largest absolute Gasteiger partial charge is 0.447 e. The van der Waals surface area contributed by atoms with Crippen LogP contribution >= 0.6 is 0 Å². The SMILES string of the molecule is CC[C@@H]1COC(=O)N1c1ccc(C(=O)N2CCN(c3ncc(C4CC4)cc3C)CC2)cn1. The molecular formula is C24H29N5O3. The molecule has 2 amide bonds. The molecule has 0 N–H and O–H groups in total. The molecule has 2 aromatic rings. The lowest BCUT2D eigenvalue weighted by atomic mass is 10.1. The summed E-state index contributed by atoms with van der Waals surface area (Å²) in [4.78, 5) is 39.8. The van der Waals surface area contributed by atoms with E-state index in [4.69, 9.17) is 9.72 Å². The molecule has 2 aliphatic heterocycles. The van der Waals surface area contributed by atoms with Gasteiger partial charge in [-0.05, 0) is 55.4 Å². The van der Waals surface area contributed by atoms with Crippen LogP contribution in [0.15, 0.2) is 30.6 Å². The number of aryl methyl sites for hydroxylation is 1. The smallest absolute Gasteiger partial charge is 0.415 e. The Balaban J connectivity index is 1.21. The fraction of sp³-hybridized carbons (Fsp3) is 0.500. The van der Waals surface area contributed by atoms with Gasteiger partial charge in [0, 0.05) is 38.6 Å². The molecule has 4 heterocycles. The van der Waals surface area contributed by atoms with E-state index in [0.717, 1.165) is 25.3 Å². The van der Waals surface area contributed by atoms with E-state index in [9.17, 15) is 9.59 Å². The number of nitrogens with zero attached hydrogens (tertiary/aromatic N) is 5. The molecule has 5 rings (SSSR count). The number of pyridine rings is 2. The van der Waals surface area contributed by atoms with Crippen LogP contribution in [0.1, 0.15) is 53.6 Å². The van der Waals surface area contributed by atoms with Crippen LogP contribution in [0, 0.1) is 6.92 Å². The third kappa shape index (κ3) is 3.89. The summed E-state index contributed by atoms with van der Waals surface area (Å²) >= 11 is 0. The molecule has 8 heteroatoms. The van der Waals surface area contributed by atoms with Gasteiger partial charge in [-0.3, -0.25) is 9.69 Å². The zero-order valence-corrected chi connectivity index (χ0v) is 18.7. The number of anilines is 2. The molecule has 3 aliphatic rings. The first-order chi connectivity index (χ1) is 15.5. The predicted molar refractivity (Wildman–Crippen MR) is 121 cm³/mol. The van der Waals surface area contributed by atoms with Gasteiger partial charge in [0.05, 0.1) is 11.6 Å². The average molecular weight is 436 g/mol. The van der Waals surface area contributed by atoms with Crippen molar-refractivity contribution in [3.8, 4) is 0 Å². The van der Waals surface area contributed by atoms with E-state index in [0.29, 0.717) is 37.0 Å². The van der Waals surface area contributed by atoms with Crippen LogP contribution < -0.4 is 9.80 Å². The highest BCUT2D eigenvalue weighted by Gasteiger charge is 2.34. The first-order valence-corrected chi connectivity index (χ1v) is 11.5. The van der Waals surface area contributed by atoms with Crippen molar-refractivity contribution in [3.05, 3.63) is 47.3 Å². The van der Waals surface area contributed by atoms with Gasteiger partial charge in [-0.15, -0.1) is 0 Å². The monoisotopic (exact) mass is 435 g/mol. The van der Waals surface area contributed by atoms with Crippen LogP contribution in [-0.4, -0.2) is 65.7 Å². The number of hydrogen-bond acceptors (Lipinski definition) is 6. The molecule has 168 valence electrons. The zero-order chi connectivity index (χ0) is 22.2. The molecule has 0 unspecified atom stereocenters. The van der Waals surface area contributed by atoms with Crippen molar-refractivity contribution in [1.29, 1.82) is 0 Å². The average Bonchev–Trinajstić information content (AvgIpc) is 3.61. The highest BCUT2D eigenvalue weighted by molar-refractivity contribution is 5.95. The summed E-state index contributed by atoms with van der Waals surface area (Å²) in [7, 11) is 0.